The standard InChI is InChI=1S/C19H21N3O3/c23-17-9-6-15(13-20-17)19(25)21-16-7-3-14(4-8-16)5-10-18(24)22-11-1-2-12-22/h3-4,6-9,13H,1-2,5,10-12H2,(H,20,23)(H,21,25). The van der Waals surface area contributed by atoms with E-state index >= 15 is 0 Å². The summed E-state index contributed by atoms with van der Waals surface area (Å²) in [4.78, 5) is 39.6. The first-order chi connectivity index (χ1) is 12.1. The number of aromatic amines is 1. The number of nitrogens with one attached hydrogen (secondary N) is 2. The molecule has 2 heterocycles. The predicted molar refractivity (Wildman–Crippen MR) is 95.6 cm³/mol. The van der Waals surface area contributed by atoms with Gasteiger partial charge in [-0.2, -0.15) is 0 Å². The summed E-state index contributed by atoms with van der Waals surface area (Å²) in [5, 5.41) is 2.78. The molecule has 0 aliphatic carbocycles. The van der Waals surface area contributed by atoms with Crippen LogP contribution in [-0.4, -0.2) is 34.8 Å². The third-order valence-corrected chi connectivity index (χ3v) is 4.34. The maximum absolute atomic E-state index is 12.1. The van der Waals surface area contributed by atoms with Crippen LogP contribution in [0.2, 0.25) is 0 Å². The number of H-pyrrole nitrogens is 1. The van der Waals surface area contributed by atoms with Crippen molar-refractivity contribution in [2.24, 2.45) is 0 Å². The van der Waals surface area contributed by atoms with E-state index in [0.717, 1.165) is 31.5 Å². The number of amides is 2. The normalized spacial score (nSPS) is 13.7. The average Bonchev–Trinajstić information content (AvgIpc) is 3.16. The molecule has 0 spiro atoms. The predicted octanol–water partition coefficient (Wildman–Crippen LogP) is 2.18. The van der Waals surface area contributed by atoms with Gasteiger partial charge in [-0.25, -0.2) is 0 Å². The summed E-state index contributed by atoms with van der Waals surface area (Å²) < 4.78 is 0. The van der Waals surface area contributed by atoms with Crippen molar-refractivity contribution in [3.63, 3.8) is 0 Å². The molecule has 2 N–H and O–H groups in total. The molecular weight excluding hydrogens is 318 g/mol. The lowest BCUT2D eigenvalue weighted by atomic mass is 10.1. The smallest absolute Gasteiger partial charge is 0.257 e. The third-order valence-electron chi connectivity index (χ3n) is 4.34. The molecule has 0 bridgehead atoms. The molecule has 3 rings (SSSR count). The van der Waals surface area contributed by atoms with Gasteiger partial charge in [-0.1, -0.05) is 12.1 Å². The summed E-state index contributed by atoms with van der Waals surface area (Å²) in [5.41, 5.74) is 1.88. The number of rotatable bonds is 5. The van der Waals surface area contributed by atoms with Crippen LogP contribution >= 0.6 is 0 Å². The number of hydrogen-bond acceptors (Lipinski definition) is 3. The van der Waals surface area contributed by atoms with E-state index in [1.165, 1.54) is 18.3 Å². The van der Waals surface area contributed by atoms with Crippen molar-refractivity contribution < 1.29 is 9.59 Å². The van der Waals surface area contributed by atoms with E-state index in [2.05, 4.69) is 10.3 Å². The van der Waals surface area contributed by atoms with Crippen molar-refractivity contribution in [1.29, 1.82) is 0 Å². The average molecular weight is 339 g/mol. The first-order valence-corrected chi connectivity index (χ1v) is 8.48. The second kappa shape index (κ2) is 7.79. The van der Waals surface area contributed by atoms with Crippen LogP contribution in [0.25, 0.3) is 0 Å². The van der Waals surface area contributed by atoms with E-state index < -0.39 is 0 Å². The molecule has 1 fully saturated rings. The number of hydrogen-bond donors (Lipinski definition) is 2. The fourth-order valence-electron chi connectivity index (χ4n) is 2.89. The van der Waals surface area contributed by atoms with Gasteiger partial charge in [0.2, 0.25) is 11.5 Å². The minimum absolute atomic E-state index is 0.216. The molecule has 6 nitrogen and oxygen atoms in total. The summed E-state index contributed by atoms with van der Waals surface area (Å²) in [6.07, 6.45) is 4.81. The summed E-state index contributed by atoms with van der Waals surface area (Å²) in [7, 11) is 0. The van der Waals surface area contributed by atoms with Gasteiger partial charge in [-0.3, -0.25) is 14.4 Å². The number of carbonyl (C=O) groups is 2. The van der Waals surface area contributed by atoms with Crippen LogP contribution in [0, 0.1) is 0 Å². The molecule has 130 valence electrons. The zero-order valence-corrected chi connectivity index (χ0v) is 14.0. The minimum atomic E-state index is -0.284. The van der Waals surface area contributed by atoms with Crippen LogP contribution in [0.4, 0.5) is 5.69 Å². The quantitative estimate of drug-likeness (QED) is 0.876. The lowest BCUT2D eigenvalue weighted by Crippen LogP contribution is -2.27. The van der Waals surface area contributed by atoms with Crippen molar-refractivity contribution in [3.05, 3.63) is 64.1 Å². The third kappa shape index (κ3) is 4.56. The lowest BCUT2D eigenvalue weighted by molar-refractivity contribution is -0.130. The van der Waals surface area contributed by atoms with Crippen LogP contribution in [-0.2, 0) is 11.2 Å². The van der Waals surface area contributed by atoms with Gasteiger partial charge in [0.15, 0.2) is 0 Å². The molecule has 1 saturated heterocycles. The Morgan fingerprint density at radius 3 is 2.40 bits per heavy atom. The van der Waals surface area contributed by atoms with Crippen LogP contribution < -0.4 is 10.9 Å². The molecule has 1 aliphatic heterocycles. The van der Waals surface area contributed by atoms with Crippen LogP contribution in [0.1, 0.15) is 35.2 Å². The van der Waals surface area contributed by atoms with E-state index in [1.807, 2.05) is 29.2 Å². The number of anilines is 1. The molecule has 0 radical (unpaired) electrons. The zero-order chi connectivity index (χ0) is 17.6. The maximum Gasteiger partial charge on any atom is 0.257 e. The molecule has 0 saturated carbocycles. The van der Waals surface area contributed by atoms with Crippen LogP contribution in [0.5, 0.6) is 0 Å². The summed E-state index contributed by atoms with van der Waals surface area (Å²) in [5.74, 6) is -0.0684. The highest BCUT2D eigenvalue weighted by atomic mass is 16.2. The van der Waals surface area contributed by atoms with E-state index in [-0.39, 0.29) is 17.4 Å². The zero-order valence-electron chi connectivity index (χ0n) is 14.0. The Bertz CT molecular complexity index is 785. The summed E-state index contributed by atoms with van der Waals surface area (Å²) in [6, 6.07) is 10.3. The van der Waals surface area contributed by atoms with Gasteiger partial charge in [0.05, 0.1) is 5.56 Å². The highest BCUT2D eigenvalue weighted by Crippen LogP contribution is 2.14. The Morgan fingerprint density at radius 2 is 1.76 bits per heavy atom. The summed E-state index contributed by atoms with van der Waals surface area (Å²) >= 11 is 0. The Balaban J connectivity index is 1.53. The number of aromatic nitrogens is 1. The Hall–Kier alpha value is -2.89. The van der Waals surface area contributed by atoms with E-state index in [4.69, 9.17) is 0 Å². The van der Waals surface area contributed by atoms with Crippen molar-refractivity contribution in [1.82, 2.24) is 9.88 Å². The molecule has 6 heteroatoms. The molecule has 1 aromatic carbocycles. The Kier molecular flexibility index (Phi) is 5.28. The van der Waals surface area contributed by atoms with Gasteiger partial charge in [0.25, 0.3) is 5.91 Å². The topological polar surface area (TPSA) is 82.3 Å². The minimum Gasteiger partial charge on any atom is -0.343 e. The molecule has 1 aliphatic rings. The monoisotopic (exact) mass is 339 g/mol. The SMILES string of the molecule is O=C(Nc1ccc(CCC(=O)N2CCCC2)cc1)c1ccc(=O)[nH]c1. The van der Waals surface area contributed by atoms with Crippen LogP contribution in [0.15, 0.2) is 47.4 Å². The molecule has 25 heavy (non-hydrogen) atoms. The van der Waals surface area contributed by atoms with Crippen molar-refractivity contribution in [2.45, 2.75) is 25.7 Å². The van der Waals surface area contributed by atoms with Crippen molar-refractivity contribution in [2.75, 3.05) is 18.4 Å². The van der Waals surface area contributed by atoms with Gasteiger partial charge in [-0.05, 0) is 43.0 Å². The highest BCUT2D eigenvalue weighted by Gasteiger charge is 2.17. The van der Waals surface area contributed by atoms with Gasteiger partial charge in [0, 0.05) is 37.5 Å². The largest absolute Gasteiger partial charge is 0.343 e. The Labute approximate surface area is 145 Å². The number of nitrogens with zero attached hydrogens (tertiary/aromatic N) is 1. The van der Waals surface area contributed by atoms with Gasteiger partial charge < -0.3 is 15.2 Å². The molecule has 0 atom stereocenters. The van der Waals surface area contributed by atoms with Gasteiger partial charge >= 0.3 is 0 Å². The highest BCUT2D eigenvalue weighted by molar-refractivity contribution is 6.04. The fraction of sp³-hybridized carbons (Fsp3) is 0.316. The second-order valence-corrected chi connectivity index (χ2v) is 6.18. The van der Waals surface area contributed by atoms with Crippen LogP contribution in [0.3, 0.4) is 0 Å². The Morgan fingerprint density at radius 1 is 1.04 bits per heavy atom. The molecule has 1 aromatic heterocycles. The second-order valence-electron chi connectivity index (χ2n) is 6.18. The summed E-state index contributed by atoms with van der Waals surface area (Å²) in [6.45, 7) is 1.77. The molecule has 0 unspecified atom stereocenters. The number of carbonyl (C=O) groups excluding carboxylic acids is 2. The first kappa shape index (κ1) is 17.0. The number of aryl methyl sites for hydroxylation is 1. The van der Waals surface area contributed by atoms with E-state index in [0.29, 0.717) is 24.1 Å². The number of benzene rings is 1. The fourth-order valence-corrected chi connectivity index (χ4v) is 2.89. The maximum atomic E-state index is 12.1. The molecular formula is C19H21N3O3. The van der Waals surface area contributed by atoms with Gasteiger partial charge in [0.1, 0.15) is 0 Å². The first-order valence-electron chi connectivity index (χ1n) is 8.48. The van der Waals surface area contributed by atoms with Crippen molar-refractivity contribution in [3.8, 4) is 0 Å². The lowest BCUT2D eigenvalue weighted by Gasteiger charge is -2.15. The van der Waals surface area contributed by atoms with E-state index in [9.17, 15) is 14.4 Å². The van der Waals surface area contributed by atoms with Crippen molar-refractivity contribution >= 4 is 17.5 Å². The number of pyridine rings is 1. The number of likely N-dealkylation sites (tertiary alicyclic amines) is 1. The molecule has 2 amide bonds. The van der Waals surface area contributed by atoms with Gasteiger partial charge in [-0.15, -0.1) is 0 Å². The molecule has 2 aromatic rings. The van der Waals surface area contributed by atoms with E-state index in [1.54, 1.807) is 0 Å².